The lowest BCUT2D eigenvalue weighted by molar-refractivity contribution is 0.0301. The van der Waals surface area contributed by atoms with Crippen LogP contribution in [0.3, 0.4) is 0 Å². The fraction of sp³-hybridized carbons (Fsp3) is 0.333. The molecular weight excluding hydrogens is 410 g/mol. The van der Waals surface area contributed by atoms with Gasteiger partial charge in [0.05, 0.1) is 24.1 Å². The Morgan fingerprint density at radius 3 is 2.74 bits per heavy atom. The number of piperidine rings is 1. The molecule has 31 heavy (non-hydrogen) atoms. The lowest BCUT2D eigenvalue weighted by atomic mass is 9.80. The Morgan fingerprint density at radius 2 is 2.00 bits per heavy atom. The minimum Gasteiger partial charge on any atom is -0.496 e. The first-order valence-corrected chi connectivity index (χ1v) is 11.7. The summed E-state index contributed by atoms with van der Waals surface area (Å²) in [5.74, 6) is 1.15. The van der Waals surface area contributed by atoms with Crippen LogP contribution < -0.4 is 14.8 Å². The molecule has 160 valence electrons. The molecule has 0 unspecified atom stereocenters. The molecule has 1 fully saturated rings. The van der Waals surface area contributed by atoms with Crippen LogP contribution in [0, 0.1) is 6.92 Å². The third-order valence-corrected chi connectivity index (χ3v) is 6.93. The molecule has 0 radical (unpaired) electrons. The van der Waals surface area contributed by atoms with Gasteiger partial charge in [-0.3, -0.25) is 4.79 Å². The summed E-state index contributed by atoms with van der Waals surface area (Å²) in [4.78, 5) is 14.8. The van der Waals surface area contributed by atoms with Crippen molar-refractivity contribution in [1.29, 1.82) is 0 Å². The zero-order chi connectivity index (χ0) is 21.6. The van der Waals surface area contributed by atoms with E-state index >= 15 is 0 Å². The van der Waals surface area contributed by atoms with E-state index in [-0.39, 0.29) is 5.91 Å². The number of rotatable bonds is 3. The number of thioether (sulfide) groups is 1. The van der Waals surface area contributed by atoms with Gasteiger partial charge in [-0.25, -0.2) is 0 Å². The second kappa shape index (κ2) is 7.73. The van der Waals surface area contributed by atoms with Crippen LogP contribution in [0.2, 0.25) is 0 Å². The molecule has 3 aromatic rings. The molecule has 3 heterocycles. The Balaban J connectivity index is 1.72. The van der Waals surface area contributed by atoms with Gasteiger partial charge in [-0.15, -0.1) is 11.8 Å². The highest BCUT2D eigenvalue weighted by molar-refractivity contribution is 7.98. The highest BCUT2D eigenvalue weighted by Crippen LogP contribution is 2.50. The topological polar surface area (TPSA) is 65.4 Å². The summed E-state index contributed by atoms with van der Waals surface area (Å²) in [5, 5.41) is 8.16. The molecule has 2 aliphatic heterocycles. The molecule has 5 rings (SSSR count). The molecule has 2 aliphatic rings. The van der Waals surface area contributed by atoms with E-state index in [4.69, 9.17) is 14.6 Å². The van der Waals surface area contributed by atoms with Crippen molar-refractivity contribution in [3.8, 4) is 22.8 Å². The van der Waals surface area contributed by atoms with Crippen LogP contribution >= 0.6 is 11.8 Å². The molecule has 6 nitrogen and oxygen atoms in total. The smallest absolute Gasteiger partial charge is 0.282 e. The first-order chi connectivity index (χ1) is 15.1. The summed E-state index contributed by atoms with van der Waals surface area (Å²) >= 11 is 1.61. The fourth-order valence-corrected chi connectivity index (χ4v) is 5.18. The monoisotopic (exact) mass is 435 g/mol. The lowest BCUT2D eigenvalue weighted by Gasteiger charge is -2.42. The number of aromatic nitrogens is 2. The molecule has 0 amide bonds. The largest absolute Gasteiger partial charge is 0.496 e. The van der Waals surface area contributed by atoms with Crippen molar-refractivity contribution in [3.05, 3.63) is 59.3 Å². The standard InChI is InChI=1S/C24H25N3O3S/c1-15-21-22(17-6-4-5-7-19(17)30-24(21)10-12-25-13-11-24)27(26-15)23(28)18-9-8-16(31-3)14-20(18)29-2/h4-9,14,25H,10-13H2,1-3H3. The average molecular weight is 436 g/mol. The number of aryl methyl sites for hydroxylation is 1. The summed E-state index contributed by atoms with van der Waals surface area (Å²) in [6.45, 7) is 3.70. The highest BCUT2D eigenvalue weighted by atomic mass is 32.2. The van der Waals surface area contributed by atoms with Crippen LogP contribution in [0.1, 0.15) is 34.5 Å². The van der Waals surface area contributed by atoms with E-state index in [1.165, 1.54) is 0 Å². The average Bonchev–Trinajstić information content (AvgIpc) is 3.17. The third kappa shape index (κ3) is 3.15. The van der Waals surface area contributed by atoms with Gasteiger partial charge in [-0.2, -0.15) is 9.78 Å². The normalized spacial score (nSPS) is 16.4. The zero-order valence-corrected chi connectivity index (χ0v) is 18.7. The van der Waals surface area contributed by atoms with Gasteiger partial charge in [0.2, 0.25) is 0 Å². The van der Waals surface area contributed by atoms with Crippen molar-refractivity contribution in [3.63, 3.8) is 0 Å². The Hall–Kier alpha value is -2.77. The van der Waals surface area contributed by atoms with Gasteiger partial charge in [0.1, 0.15) is 17.1 Å². The van der Waals surface area contributed by atoms with E-state index in [1.807, 2.05) is 55.6 Å². The minimum absolute atomic E-state index is 0.199. The predicted molar refractivity (Wildman–Crippen MR) is 121 cm³/mol. The molecule has 1 spiro atoms. The van der Waals surface area contributed by atoms with E-state index in [2.05, 4.69) is 5.32 Å². The van der Waals surface area contributed by atoms with Crippen molar-refractivity contribution in [2.75, 3.05) is 26.5 Å². The molecule has 0 saturated carbocycles. The first-order valence-electron chi connectivity index (χ1n) is 10.4. The number of benzene rings is 2. The number of carbonyl (C=O) groups is 1. The van der Waals surface area contributed by atoms with Gasteiger partial charge >= 0.3 is 0 Å². The maximum atomic E-state index is 13.8. The molecule has 1 N–H and O–H groups in total. The highest BCUT2D eigenvalue weighted by Gasteiger charge is 2.46. The third-order valence-electron chi connectivity index (χ3n) is 6.21. The molecule has 1 aromatic heterocycles. The summed E-state index contributed by atoms with van der Waals surface area (Å²) in [6.07, 6.45) is 3.67. The molecule has 7 heteroatoms. The number of ether oxygens (including phenoxy) is 2. The number of nitrogens with zero attached hydrogens (tertiary/aromatic N) is 2. The number of hydrogen-bond donors (Lipinski definition) is 1. The maximum Gasteiger partial charge on any atom is 0.282 e. The Labute approximate surface area is 185 Å². The number of methoxy groups -OCH3 is 1. The SMILES string of the molecule is COc1cc(SC)ccc1C(=O)n1nc(C)c2c1-c1ccccc1OC21CCNCC1. The molecule has 2 aromatic carbocycles. The second-order valence-corrected chi connectivity index (χ2v) is 8.81. The summed E-state index contributed by atoms with van der Waals surface area (Å²) in [6, 6.07) is 13.6. The van der Waals surface area contributed by atoms with E-state index in [9.17, 15) is 4.79 Å². The Kier molecular flexibility index (Phi) is 5.02. The van der Waals surface area contributed by atoms with E-state index < -0.39 is 5.60 Å². The maximum absolute atomic E-state index is 13.8. The fourth-order valence-electron chi connectivity index (χ4n) is 4.75. The number of carbonyl (C=O) groups excluding carboxylic acids is 1. The van der Waals surface area contributed by atoms with Crippen LogP contribution in [0.15, 0.2) is 47.4 Å². The minimum atomic E-state index is -0.468. The van der Waals surface area contributed by atoms with Gasteiger partial charge in [0.15, 0.2) is 0 Å². The first kappa shape index (κ1) is 20.2. The molecule has 0 atom stereocenters. The van der Waals surface area contributed by atoms with Crippen molar-refractivity contribution in [2.24, 2.45) is 0 Å². The van der Waals surface area contributed by atoms with Crippen LogP contribution in [-0.4, -0.2) is 42.1 Å². The van der Waals surface area contributed by atoms with Crippen LogP contribution in [0.5, 0.6) is 11.5 Å². The van der Waals surface area contributed by atoms with Crippen molar-refractivity contribution in [2.45, 2.75) is 30.3 Å². The van der Waals surface area contributed by atoms with Gasteiger partial charge in [0, 0.05) is 28.9 Å². The van der Waals surface area contributed by atoms with E-state index in [1.54, 1.807) is 23.6 Å². The number of nitrogens with one attached hydrogen (secondary N) is 1. The van der Waals surface area contributed by atoms with Crippen molar-refractivity contribution >= 4 is 17.7 Å². The van der Waals surface area contributed by atoms with Gasteiger partial charge in [-0.1, -0.05) is 12.1 Å². The molecule has 0 aliphatic carbocycles. The summed E-state index contributed by atoms with van der Waals surface area (Å²) < 4.78 is 13.7. The zero-order valence-electron chi connectivity index (χ0n) is 17.9. The van der Waals surface area contributed by atoms with Gasteiger partial charge in [0.25, 0.3) is 5.91 Å². The quantitative estimate of drug-likeness (QED) is 0.621. The van der Waals surface area contributed by atoms with Crippen LogP contribution in [0.4, 0.5) is 0 Å². The van der Waals surface area contributed by atoms with Crippen LogP contribution in [-0.2, 0) is 5.60 Å². The van der Waals surface area contributed by atoms with E-state index in [0.717, 1.165) is 59.1 Å². The summed E-state index contributed by atoms with van der Waals surface area (Å²) in [7, 11) is 1.59. The Bertz CT molecular complexity index is 1160. The Morgan fingerprint density at radius 1 is 1.23 bits per heavy atom. The summed E-state index contributed by atoms with van der Waals surface area (Å²) in [5.41, 5.74) is 3.62. The lowest BCUT2D eigenvalue weighted by Crippen LogP contribution is -2.46. The van der Waals surface area contributed by atoms with Gasteiger partial charge in [-0.05, 0) is 56.6 Å². The predicted octanol–water partition coefficient (Wildman–Crippen LogP) is 4.25. The molecular formula is C24H25N3O3S. The molecule has 0 bridgehead atoms. The second-order valence-electron chi connectivity index (χ2n) is 7.93. The van der Waals surface area contributed by atoms with Gasteiger partial charge < -0.3 is 14.8 Å². The van der Waals surface area contributed by atoms with Crippen LogP contribution in [0.25, 0.3) is 11.3 Å². The molecule has 1 saturated heterocycles. The number of hydrogen-bond acceptors (Lipinski definition) is 6. The number of fused-ring (bicyclic) bond motifs is 4. The van der Waals surface area contributed by atoms with E-state index in [0.29, 0.717) is 11.3 Å². The number of para-hydroxylation sites is 1. The van der Waals surface area contributed by atoms with Crippen molar-refractivity contribution < 1.29 is 14.3 Å². The van der Waals surface area contributed by atoms with Crippen molar-refractivity contribution in [1.82, 2.24) is 15.1 Å².